The van der Waals surface area contributed by atoms with Crippen LogP contribution in [0.3, 0.4) is 0 Å². The number of nitrogens with one attached hydrogen (secondary N) is 1. The van der Waals surface area contributed by atoms with E-state index in [1.165, 1.54) is 13.0 Å². The molecule has 0 aliphatic carbocycles. The minimum atomic E-state index is -1.24. The maximum Gasteiger partial charge on any atom is 0.286 e. The highest BCUT2D eigenvalue weighted by molar-refractivity contribution is 8.18. The summed E-state index contributed by atoms with van der Waals surface area (Å²) in [7, 11) is 0. The zero-order chi connectivity index (χ0) is 19.7. The molecule has 1 aromatic heterocycles. The molecule has 0 atom stereocenters. The highest BCUT2D eigenvalue weighted by Gasteiger charge is 2.23. The average molecular weight is 382 g/mol. The number of hydrogen-bond acceptors (Lipinski definition) is 5. The lowest BCUT2D eigenvalue weighted by Crippen LogP contribution is -2.23. The second-order valence-corrected chi connectivity index (χ2v) is 7.04. The number of carboxylic acids is 1. The standard InChI is InChI=1S/C19H17N3O4S/c1-10-7-14(9-16-17(24)21-19(27-16)20-12(3)23)11(2)22(10)15-6-4-5-13(8-15)18(25)26/h4-9H,1-3H3,(H,25,26)(H,20,21,23,24)/p-1/b16-9+. The van der Waals surface area contributed by atoms with E-state index in [1.54, 1.807) is 24.3 Å². The zero-order valence-electron chi connectivity index (χ0n) is 14.9. The van der Waals surface area contributed by atoms with Crippen LogP contribution in [-0.4, -0.2) is 27.5 Å². The van der Waals surface area contributed by atoms with E-state index in [9.17, 15) is 19.5 Å². The summed E-state index contributed by atoms with van der Waals surface area (Å²) < 4.78 is 1.90. The van der Waals surface area contributed by atoms with Gasteiger partial charge in [0.1, 0.15) is 0 Å². The van der Waals surface area contributed by atoms with Crippen molar-refractivity contribution >= 4 is 40.8 Å². The molecular formula is C19H16N3O4S-. The van der Waals surface area contributed by atoms with Gasteiger partial charge in [-0.2, -0.15) is 4.99 Å². The third-order valence-corrected chi connectivity index (χ3v) is 4.90. The van der Waals surface area contributed by atoms with Crippen LogP contribution in [0.5, 0.6) is 0 Å². The number of benzene rings is 1. The molecule has 0 saturated carbocycles. The predicted octanol–water partition coefficient (Wildman–Crippen LogP) is 1.56. The van der Waals surface area contributed by atoms with Gasteiger partial charge >= 0.3 is 0 Å². The topological polar surface area (TPSA) is 104 Å². The van der Waals surface area contributed by atoms with Crippen LogP contribution in [0.25, 0.3) is 11.8 Å². The van der Waals surface area contributed by atoms with Gasteiger partial charge in [-0.15, -0.1) is 0 Å². The molecule has 2 heterocycles. The summed E-state index contributed by atoms with van der Waals surface area (Å²) in [6.07, 6.45) is 1.72. The van der Waals surface area contributed by atoms with Gasteiger partial charge in [-0.05, 0) is 61.0 Å². The molecule has 0 bridgehead atoms. The Hall–Kier alpha value is -3.13. The highest BCUT2D eigenvalue weighted by Crippen LogP contribution is 2.30. The third-order valence-electron chi connectivity index (χ3n) is 4.00. The molecule has 0 fully saturated rings. The molecule has 7 nitrogen and oxygen atoms in total. The van der Waals surface area contributed by atoms with Gasteiger partial charge in [-0.3, -0.25) is 9.59 Å². The fourth-order valence-electron chi connectivity index (χ4n) is 2.86. The second kappa shape index (κ2) is 7.24. The molecule has 0 spiro atoms. The number of aromatic nitrogens is 1. The molecule has 1 aromatic carbocycles. The minimum Gasteiger partial charge on any atom is -0.545 e. The molecule has 0 saturated heterocycles. The number of rotatable bonds is 3. The summed E-state index contributed by atoms with van der Waals surface area (Å²) in [6, 6.07) is 8.38. The Kier molecular flexibility index (Phi) is 5.00. The van der Waals surface area contributed by atoms with E-state index in [4.69, 9.17) is 0 Å². The normalized spacial score (nSPS) is 15.1. The first-order chi connectivity index (χ1) is 12.8. The average Bonchev–Trinajstić information content (AvgIpc) is 3.06. The minimum absolute atomic E-state index is 0.0924. The number of aryl methyl sites for hydroxylation is 1. The van der Waals surface area contributed by atoms with Crippen LogP contribution in [0, 0.1) is 13.8 Å². The van der Waals surface area contributed by atoms with E-state index in [0.29, 0.717) is 10.6 Å². The fourth-order valence-corrected chi connectivity index (χ4v) is 3.71. The molecule has 3 rings (SSSR count). The second-order valence-electron chi connectivity index (χ2n) is 6.01. The van der Waals surface area contributed by atoms with E-state index in [1.807, 2.05) is 24.5 Å². The molecule has 27 heavy (non-hydrogen) atoms. The molecule has 2 amide bonds. The molecule has 8 heteroatoms. The zero-order valence-corrected chi connectivity index (χ0v) is 15.7. The fraction of sp³-hybridized carbons (Fsp3) is 0.158. The maximum absolute atomic E-state index is 12.1. The number of aromatic carboxylic acids is 1. The predicted molar refractivity (Wildman–Crippen MR) is 101 cm³/mol. The number of amidine groups is 1. The van der Waals surface area contributed by atoms with Gasteiger partial charge in [0, 0.05) is 24.0 Å². The Morgan fingerprint density at radius 2 is 2.00 bits per heavy atom. The van der Waals surface area contributed by atoms with E-state index >= 15 is 0 Å². The van der Waals surface area contributed by atoms with Crippen molar-refractivity contribution in [3.63, 3.8) is 0 Å². The summed E-state index contributed by atoms with van der Waals surface area (Å²) in [6.45, 7) is 5.12. The van der Waals surface area contributed by atoms with E-state index < -0.39 is 11.9 Å². The smallest absolute Gasteiger partial charge is 0.286 e. The number of carboxylic acid groups (broad SMARTS) is 1. The number of nitrogens with zero attached hydrogens (tertiary/aromatic N) is 2. The van der Waals surface area contributed by atoms with Crippen molar-refractivity contribution in [2.24, 2.45) is 4.99 Å². The summed E-state index contributed by atoms with van der Waals surface area (Å²) in [4.78, 5) is 38.5. The summed E-state index contributed by atoms with van der Waals surface area (Å²) >= 11 is 1.10. The van der Waals surface area contributed by atoms with Gasteiger partial charge in [-0.25, -0.2) is 0 Å². The van der Waals surface area contributed by atoms with Crippen molar-refractivity contribution in [1.82, 2.24) is 9.88 Å². The molecule has 1 aliphatic rings. The van der Waals surface area contributed by atoms with Gasteiger partial charge in [0.25, 0.3) is 5.91 Å². The Bertz CT molecular complexity index is 1030. The number of carbonyl (C=O) groups is 3. The number of aliphatic imine (C=N–C) groups is 1. The van der Waals surface area contributed by atoms with E-state index in [2.05, 4.69) is 10.3 Å². The third kappa shape index (κ3) is 3.85. The van der Waals surface area contributed by atoms with E-state index in [-0.39, 0.29) is 16.6 Å². The molecule has 1 aliphatic heterocycles. The Balaban J connectivity index is 1.96. The summed E-state index contributed by atoms with van der Waals surface area (Å²) in [5.74, 6) is -1.94. The lowest BCUT2D eigenvalue weighted by molar-refractivity contribution is -0.255. The molecule has 1 N–H and O–H groups in total. The number of carbonyl (C=O) groups excluding carboxylic acids is 3. The summed E-state index contributed by atoms with van der Waals surface area (Å²) in [5, 5.41) is 13.9. The molecule has 2 aromatic rings. The van der Waals surface area contributed by atoms with Crippen LogP contribution >= 0.6 is 11.8 Å². The Morgan fingerprint density at radius 1 is 1.26 bits per heavy atom. The van der Waals surface area contributed by atoms with Crippen LogP contribution in [0.2, 0.25) is 0 Å². The number of amides is 2. The van der Waals surface area contributed by atoms with Crippen molar-refractivity contribution in [3.05, 3.63) is 57.8 Å². The van der Waals surface area contributed by atoms with Gasteiger partial charge in [0.2, 0.25) is 5.91 Å². The molecule has 138 valence electrons. The van der Waals surface area contributed by atoms with Crippen molar-refractivity contribution in [3.8, 4) is 5.69 Å². The van der Waals surface area contributed by atoms with Crippen LogP contribution in [-0.2, 0) is 9.59 Å². The largest absolute Gasteiger partial charge is 0.545 e. The quantitative estimate of drug-likeness (QED) is 0.812. The van der Waals surface area contributed by atoms with Crippen molar-refractivity contribution in [2.45, 2.75) is 20.8 Å². The van der Waals surface area contributed by atoms with Gasteiger partial charge in [0.15, 0.2) is 5.17 Å². The van der Waals surface area contributed by atoms with Gasteiger partial charge < -0.3 is 19.8 Å². The summed E-state index contributed by atoms with van der Waals surface area (Å²) in [5.41, 5.74) is 3.32. The van der Waals surface area contributed by atoms with Crippen molar-refractivity contribution in [2.75, 3.05) is 0 Å². The van der Waals surface area contributed by atoms with Gasteiger partial charge in [0.05, 0.1) is 10.9 Å². The lowest BCUT2D eigenvalue weighted by atomic mass is 10.2. The van der Waals surface area contributed by atoms with Gasteiger partial charge in [-0.1, -0.05) is 12.1 Å². The lowest BCUT2D eigenvalue weighted by Gasteiger charge is -2.12. The Morgan fingerprint density at radius 3 is 2.67 bits per heavy atom. The van der Waals surface area contributed by atoms with Crippen molar-refractivity contribution in [1.29, 1.82) is 0 Å². The van der Waals surface area contributed by atoms with Crippen LogP contribution in [0.4, 0.5) is 0 Å². The van der Waals surface area contributed by atoms with Crippen LogP contribution in [0.1, 0.15) is 34.2 Å². The first-order valence-electron chi connectivity index (χ1n) is 8.07. The highest BCUT2D eigenvalue weighted by atomic mass is 32.2. The molecule has 0 radical (unpaired) electrons. The van der Waals surface area contributed by atoms with Crippen LogP contribution < -0.4 is 10.4 Å². The van der Waals surface area contributed by atoms with Crippen molar-refractivity contribution < 1.29 is 19.5 Å². The number of thioether (sulfide) groups is 1. The monoisotopic (exact) mass is 382 g/mol. The Labute approximate surface area is 159 Å². The molecule has 0 unspecified atom stereocenters. The first kappa shape index (κ1) is 18.7. The SMILES string of the molecule is CC(=O)NC1=NC(=O)/C(=C\c2cc(C)n(-c3cccc(C(=O)[O-])c3)c2C)S1. The van der Waals surface area contributed by atoms with Crippen LogP contribution in [0.15, 0.2) is 40.2 Å². The first-order valence-corrected chi connectivity index (χ1v) is 8.89. The number of hydrogen-bond donors (Lipinski definition) is 1. The van der Waals surface area contributed by atoms with E-state index in [0.717, 1.165) is 28.7 Å². The maximum atomic E-state index is 12.1. The molecular weight excluding hydrogens is 366 g/mol.